The van der Waals surface area contributed by atoms with Crippen molar-refractivity contribution in [3.8, 4) is 0 Å². The molecule has 0 bridgehead atoms. The van der Waals surface area contributed by atoms with E-state index in [0.717, 1.165) is 36.8 Å². The Morgan fingerprint density at radius 1 is 0.562 bits per heavy atom. The molecule has 4 heteroatoms. The van der Waals surface area contributed by atoms with Gasteiger partial charge < -0.3 is 9.47 Å². The van der Waals surface area contributed by atoms with Gasteiger partial charge in [-0.25, -0.2) is 9.59 Å². The van der Waals surface area contributed by atoms with Gasteiger partial charge in [-0.2, -0.15) is 0 Å². The van der Waals surface area contributed by atoms with Crippen molar-refractivity contribution in [2.45, 2.75) is 52.7 Å². The Labute approximate surface area is 190 Å². The molecule has 0 radical (unpaired) electrons. The number of esters is 2. The number of hydrogen-bond donors (Lipinski definition) is 0. The Balaban J connectivity index is 1.69. The maximum absolute atomic E-state index is 12.8. The fourth-order valence-corrected chi connectivity index (χ4v) is 3.70. The van der Waals surface area contributed by atoms with E-state index in [4.69, 9.17) is 9.47 Å². The van der Waals surface area contributed by atoms with E-state index in [1.165, 1.54) is 11.1 Å². The van der Waals surface area contributed by atoms with Crippen LogP contribution in [0, 0.1) is 0 Å². The molecule has 0 unspecified atom stereocenters. The molecule has 0 atom stereocenters. The Morgan fingerprint density at radius 3 is 1.28 bits per heavy atom. The average Bonchev–Trinajstić information content (AvgIpc) is 2.83. The molecule has 0 heterocycles. The summed E-state index contributed by atoms with van der Waals surface area (Å²) in [6.45, 7) is 4.57. The van der Waals surface area contributed by atoms with Gasteiger partial charge in [0.2, 0.25) is 0 Å². The number of carbonyl (C=O) groups is 2. The van der Waals surface area contributed by atoms with Crippen LogP contribution in [-0.2, 0) is 35.5 Å². The zero-order valence-corrected chi connectivity index (χ0v) is 18.8. The van der Waals surface area contributed by atoms with E-state index in [-0.39, 0.29) is 24.3 Å². The van der Waals surface area contributed by atoms with Crippen molar-refractivity contribution in [3.63, 3.8) is 0 Å². The number of benzene rings is 3. The number of rotatable bonds is 10. The standard InChI is InChI=1S/C28H30O4/c1-3-11-21-13-5-7-15-23(21)19-31-27(29)25-17-9-10-18-26(25)28(30)32-20-24-16-8-6-14-22(24)12-4-2/h5-10,13-18H,3-4,11-12,19-20H2,1-2H3. The van der Waals surface area contributed by atoms with Crippen molar-refractivity contribution in [2.75, 3.05) is 0 Å². The Hall–Kier alpha value is -3.40. The van der Waals surface area contributed by atoms with Crippen LogP contribution in [-0.4, -0.2) is 11.9 Å². The minimum Gasteiger partial charge on any atom is -0.457 e. The van der Waals surface area contributed by atoms with Gasteiger partial charge in [0.25, 0.3) is 0 Å². The fourth-order valence-electron chi connectivity index (χ4n) is 3.70. The van der Waals surface area contributed by atoms with Gasteiger partial charge in [-0.15, -0.1) is 0 Å². The molecule has 0 aliphatic rings. The lowest BCUT2D eigenvalue weighted by Crippen LogP contribution is -2.14. The highest BCUT2D eigenvalue weighted by Gasteiger charge is 2.20. The molecule has 32 heavy (non-hydrogen) atoms. The molecule has 3 rings (SSSR count). The van der Waals surface area contributed by atoms with Gasteiger partial charge in [-0.05, 0) is 47.2 Å². The summed E-state index contributed by atoms with van der Waals surface area (Å²) in [5, 5.41) is 0. The van der Waals surface area contributed by atoms with Gasteiger partial charge in [0, 0.05) is 0 Å². The van der Waals surface area contributed by atoms with E-state index < -0.39 is 11.9 Å². The highest BCUT2D eigenvalue weighted by molar-refractivity contribution is 6.03. The Kier molecular flexibility index (Phi) is 8.61. The molecule has 3 aromatic rings. The van der Waals surface area contributed by atoms with Crippen LogP contribution in [0.3, 0.4) is 0 Å². The number of aryl methyl sites for hydroxylation is 2. The smallest absolute Gasteiger partial charge is 0.339 e. The molecule has 0 N–H and O–H groups in total. The third-order valence-corrected chi connectivity index (χ3v) is 5.36. The summed E-state index contributed by atoms with van der Waals surface area (Å²) in [4.78, 5) is 25.6. The maximum atomic E-state index is 12.8. The molecule has 0 saturated carbocycles. The topological polar surface area (TPSA) is 52.6 Å². The summed E-state index contributed by atoms with van der Waals surface area (Å²) in [6.07, 6.45) is 3.88. The second-order valence-electron chi connectivity index (χ2n) is 7.74. The number of ether oxygens (including phenoxy) is 2. The van der Waals surface area contributed by atoms with Crippen molar-refractivity contribution in [2.24, 2.45) is 0 Å². The van der Waals surface area contributed by atoms with Crippen LogP contribution in [0.5, 0.6) is 0 Å². The summed E-state index contributed by atoms with van der Waals surface area (Å²) in [5.41, 5.74) is 4.73. The van der Waals surface area contributed by atoms with Crippen molar-refractivity contribution in [3.05, 3.63) is 106 Å². The predicted molar refractivity (Wildman–Crippen MR) is 126 cm³/mol. The quantitative estimate of drug-likeness (QED) is 0.354. The molecule has 0 fully saturated rings. The van der Waals surface area contributed by atoms with Gasteiger partial charge >= 0.3 is 11.9 Å². The SMILES string of the molecule is CCCc1ccccc1COC(=O)c1ccccc1C(=O)OCc1ccccc1CCC. The number of hydrogen-bond acceptors (Lipinski definition) is 4. The average molecular weight is 431 g/mol. The highest BCUT2D eigenvalue weighted by atomic mass is 16.5. The lowest BCUT2D eigenvalue weighted by molar-refractivity contribution is 0.0424. The van der Waals surface area contributed by atoms with Crippen LogP contribution < -0.4 is 0 Å². The van der Waals surface area contributed by atoms with Crippen LogP contribution in [0.2, 0.25) is 0 Å². The molecular weight excluding hydrogens is 400 g/mol. The fraction of sp³-hybridized carbons (Fsp3) is 0.286. The second-order valence-corrected chi connectivity index (χ2v) is 7.74. The van der Waals surface area contributed by atoms with Gasteiger partial charge in [0.15, 0.2) is 0 Å². The van der Waals surface area contributed by atoms with E-state index >= 15 is 0 Å². The lowest BCUT2D eigenvalue weighted by atomic mass is 10.0. The number of carbonyl (C=O) groups excluding carboxylic acids is 2. The first kappa shape index (κ1) is 23.3. The third kappa shape index (κ3) is 6.07. The van der Waals surface area contributed by atoms with E-state index in [2.05, 4.69) is 13.8 Å². The molecule has 0 saturated heterocycles. The van der Waals surface area contributed by atoms with Crippen LogP contribution in [0.1, 0.15) is 69.7 Å². The van der Waals surface area contributed by atoms with E-state index in [1.807, 2.05) is 48.5 Å². The van der Waals surface area contributed by atoms with Gasteiger partial charge in [0.05, 0.1) is 11.1 Å². The molecule has 0 amide bonds. The van der Waals surface area contributed by atoms with Crippen molar-refractivity contribution >= 4 is 11.9 Å². The first-order valence-electron chi connectivity index (χ1n) is 11.2. The van der Waals surface area contributed by atoms with Gasteiger partial charge in [0.1, 0.15) is 13.2 Å². The first-order valence-corrected chi connectivity index (χ1v) is 11.2. The predicted octanol–water partition coefficient (Wildman–Crippen LogP) is 6.31. The molecule has 0 aliphatic carbocycles. The van der Waals surface area contributed by atoms with Crippen LogP contribution in [0.15, 0.2) is 72.8 Å². The minimum atomic E-state index is -0.532. The molecular formula is C28H30O4. The van der Waals surface area contributed by atoms with E-state index in [9.17, 15) is 9.59 Å². The zero-order valence-electron chi connectivity index (χ0n) is 18.8. The Morgan fingerprint density at radius 2 is 0.906 bits per heavy atom. The second kappa shape index (κ2) is 11.8. The lowest BCUT2D eigenvalue weighted by Gasteiger charge is -2.13. The molecule has 0 aliphatic heterocycles. The largest absolute Gasteiger partial charge is 0.457 e. The molecule has 0 spiro atoms. The minimum absolute atomic E-state index is 0.169. The zero-order chi connectivity index (χ0) is 22.8. The van der Waals surface area contributed by atoms with Crippen LogP contribution >= 0.6 is 0 Å². The van der Waals surface area contributed by atoms with Crippen LogP contribution in [0.4, 0.5) is 0 Å². The van der Waals surface area contributed by atoms with E-state index in [0.29, 0.717) is 0 Å². The molecule has 166 valence electrons. The molecule has 0 aromatic heterocycles. The summed E-state index contributed by atoms with van der Waals surface area (Å²) >= 11 is 0. The Bertz CT molecular complexity index is 970. The highest BCUT2D eigenvalue weighted by Crippen LogP contribution is 2.18. The maximum Gasteiger partial charge on any atom is 0.339 e. The molecule has 3 aromatic carbocycles. The normalized spacial score (nSPS) is 10.6. The van der Waals surface area contributed by atoms with Gasteiger partial charge in [-0.1, -0.05) is 87.4 Å². The summed E-state index contributed by atoms with van der Waals surface area (Å²) in [5.74, 6) is -1.06. The van der Waals surface area contributed by atoms with E-state index in [1.54, 1.807) is 24.3 Å². The summed E-state index contributed by atoms with van der Waals surface area (Å²) in [6, 6.07) is 22.5. The molecule has 4 nitrogen and oxygen atoms in total. The van der Waals surface area contributed by atoms with Crippen molar-refractivity contribution in [1.82, 2.24) is 0 Å². The van der Waals surface area contributed by atoms with Crippen molar-refractivity contribution in [1.29, 1.82) is 0 Å². The van der Waals surface area contributed by atoms with Crippen molar-refractivity contribution < 1.29 is 19.1 Å². The summed E-state index contributed by atoms with van der Waals surface area (Å²) < 4.78 is 11.1. The van der Waals surface area contributed by atoms with Crippen LogP contribution in [0.25, 0.3) is 0 Å². The van der Waals surface area contributed by atoms with Gasteiger partial charge in [-0.3, -0.25) is 0 Å². The third-order valence-electron chi connectivity index (χ3n) is 5.36. The summed E-state index contributed by atoms with van der Waals surface area (Å²) in [7, 11) is 0. The monoisotopic (exact) mass is 430 g/mol. The first-order chi connectivity index (χ1) is 15.6.